The number of hydrogen-bond acceptors (Lipinski definition) is 5. The van der Waals surface area contributed by atoms with Gasteiger partial charge in [-0.1, -0.05) is 31.2 Å². The highest BCUT2D eigenvalue weighted by atomic mass is 16.3. The zero-order valence-electron chi connectivity index (χ0n) is 10.2. The summed E-state index contributed by atoms with van der Waals surface area (Å²) in [5.41, 5.74) is 0.176. The van der Waals surface area contributed by atoms with Crippen LogP contribution < -0.4 is 0 Å². The van der Waals surface area contributed by atoms with Crippen LogP contribution in [0.15, 0.2) is 24.3 Å². The quantitative estimate of drug-likeness (QED) is 0.656. The molecule has 0 saturated carbocycles. The Kier molecular flexibility index (Phi) is 7.78. The van der Waals surface area contributed by atoms with Crippen LogP contribution in [-0.4, -0.2) is 47.7 Å². The molecule has 0 spiro atoms. The Morgan fingerprint density at radius 2 is 1.28 bits per heavy atom. The van der Waals surface area contributed by atoms with Crippen LogP contribution in [0.1, 0.15) is 27.6 Å². The maximum Gasteiger partial charge on any atom is 0.150 e. The maximum atomic E-state index is 10.2. The lowest BCUT2D eigenvalue weighted by Crippen LogP contribution is -2.29. The number of aliphatic hydroxyl groups excluding tert-OH is 3. The fourth-order valence-corrected chi connectivity index (χ4v) is 0.876. The predicted molar refractivity (Wildman–Crippen MR) is 66.6 cm³/mol. The van der Waals surface area contributed by atoms with Crippen LogP contribution >= 0.6 is 0 Å². The van der Waals surface area contributed by atoms with Crippen molar-refractivity contribution in [2.24, 2.45) is 5.41 Å². The molecule has 3 N–H and O–H groups in total. The first-order valence-corrected chi connectivity index (χ1v) is 5.39. The molecule has 0 saturated heterocycles. The standard InChI is InChI=1S/C8H6O2.C5H12O3/c9-5-7-3-1-2-4-8(7)6-10;1-5(2-6,3-7)4-8/h1-6H;6-8H,2-4H2,1H3. The summed E-state index contributed by atoms with van der Waals surface area (Å²) in [5.74, 6) is 0. The Morgan fingerprint density at radius 3 is 1.44 bits per heavy atom. The van der Waals surface area contributed by atoms with Gasteiger partial charge in [-0.05, 0) is 0 Å². The van der Waals surface area contributed by atoms with Crippen LogP contribution in [-0.2, 0) is 0 Å². The topological polar surface area (TPSA) is 94.8 Å². The van der Waals surface area contributed by atoms with Crippen molar-refractivity contribution in [3.63, 3.8) is 0 Å². The zero-order chi connectivity index (χ0) is 14.0. The van der Waals surface area contributed by atoms with E-state index in [1.807, 2.05) is 0 Å². The molecule has 1 aromatic rings. The van der Waals surface area contributed by atoms with Crippen molar-refractivity contribution in [1.29, 1.82) is 0 Å². The molecular weight excluding hydrogens is 236 g/mol. The normalized spacial score (nSPS) is 10.2. The Balaban J connectivity index is 0.000000331. The molecule has 0 fully saturated rings. The van der Waals surface area contributed by atoms with E-state index in [1.54, 1.807) is 31.2 Å². The van der Waals surface area contributed by atoms with Crippen LogP contribution in [0.25, 0.3) is 0 Å². The van der Waals surface area contributed by atoms with E-state index in [-0.39, 0.29) is 19.8 Å². The molecule has 100 valence electrons. The van der Waals surface area contributed by atoms with Crippen molar-refractivity contribution in [3.8, 4) is 0 Å². The van der Waals surface area contributed by atoms with Gasteiger partial charge in [0.25, 0.3) is 0 Å². The van der Waals surface area contributed by atoms with E-state index in [0.29, 0.717) is 23.7 Å². The van der Waals surface area contributed by atoms with E-state index in [2.05, 4.69) is 0 Å². The van der Waals surface area contributed by atoms with E-state index >= 15 is 0 Å². The Bertz CT molecular complexity index is 336. The average Bonchev–Trinajstić information content (AvgIpc) is 2.46. The monoisotopic (exact) mass is 254 g/mol. The molecule has 0 unspecified atom stereocenters. The lowest BCUT2D eigenvalue weighted by molar-refractivity contribution is 0.0200. The molecule has 0 aliphatic heterocycles. The van der Waals surface area contributed by atoms with Crippen LogP contribution in [0.3, 0.4) is 0 Å². The van der Waals surface area contributed by atoms with Gasteiger partial charge in [0.05, 0.1) is 19.8 Å². The van der Waals surface area contributed by atoms with Gasteiger partial charge in [0.1, 0.15) is 0 Å². The number of aldehydes is 2. The summed E-state index contributed by atoms with van der Waals surface area (Å²) in [5, 5.41) is 25.4. The largest absolute Gasteiger partial charge is 0.396 e. The van der Waals surface area contributed by atoms with Crippen LogP contribution in [0.4, 0.5) is 0 Å². The third-order valence-corrected chi connectivity index (χ3v) is 2.40. The van der Waals surface area contributed by atoms with E-state index in [9.17, 15) is 9.59 Å². The molecule has 5 heteroatoms. The van der Waals surface area contributed by atoms with Crippen LogP contribution in [0.2, 0.25) is 0 Å². The summed E-state index contributed by atoms with van der Waals surface area (Å²) < 4.78 is 0. The van der Waals surface area contributed by atoms with Crippen molar-refractivity contribution < 1.29 is 24.9 Å². The number of rotatable bonds is 5. The number of aliphatic hydroxyl groups is 3. The SMILES string of the molecule is CC(CO)(CO)CO.O=Cc1ccccc1C=O. The molecule has 0 radical (unpaired) electrons. The van der Waals surface area contributed by atoms with Crippen molar-refractivity contribution >= 4 is 12.6 Å². The van der Waals surface area contributed by atoms with Gasteiger partial charge in [0.15, 0.2) is 12.6 Å². The summed E-state index contributed by atoms with van der Waals surface area (Å²) in [6.45, 7) is 1.06. The Morgan fingerprint density at radius 1 is 0.944 bits per heavy atom. The van der Waals surface area contributed by atoms with Gasteiger partial charge in [-0.3, -0.25) is 9.59 Å². The predicted octanol–water partition coefficient (Wildman–Crippen LogP) is 0.281. The minimum absolute atomic E-state index is 0.181. The van der Waals surface area contributed by atoms with Gasteiger partial charge < -0.3 is 15.3 Å². The van der Waals surface area contributed by atoms with E-state index in [1.165, 1.54) is 0 Å². The smallest absolute Gasteiger partial charge is 0.150 e. The number of carbonyl (C=O) groups excluding carboxylic acids is 2. The van der Waals surface area contributed by atoms with Gasteiger partial charge in [-0.2, -0.15) is 0 Å². The molecule has 18 heavy (non-hydrogen) atoms. The minimum atomic E-state index is -0.708. The molecule has 0 amide bonds. The highest BCUT2D eigenvalue weighted by Crippen LogP contribution is 2.10. The molecule has 5 nitrogen and oxygen atoms in total. The number of benzene rings is 1. The number of carbonyl (C=O) groups is 2. The highest BCUT2D eigenvalue weighted by molar-refractivity contribution is 5.89. The average molecular weight is 254 g/mol. The molecule has 0 aliphatic carbocycles. The fraction of sp³-hybridized carbons (Fsp3) is 0.385. The Labute approximate surface area is 106 Å². The zero-order valence-corrected chi connectivity index (χ0v) is 10.2. The molecule has 1 rings (SSSR count). The second-order valence-electron chi connectivity index (χ2n) is 4.15. The molecule has 0 atom stereocenters. The second-order valence-corrected chi connectivity index (χ2v) is 4.15. The van der Waals surface area contributed by atoms with Crippen molar-refractivity contribution in [1.82, 2.24) is 0 Å². The third-order valence-electron chi connectivity index (χ3n) is 2.40. The van der Waals surface area contributed by atoms with E-state index in [0.717, 1.165) is 0 Å². The first-order chi connectivity index (χ1) is 8.56. The molecule has 1 aromatic carbocycles. The summed E-state index contributed by atoms with van der Waals surface area (Å²) in [6.07, 6.45) is 1.34. The van der Waals surface area contributed by atoms with Crippen molar-refractivity contribution in [2.75, 3.05) is 19.8 Å². The molecular formula is C13H18O5. The maximum absolute atomic E-state index is 10.2. The third kappa shape index (κ3) is 5.18. The lowest BCUT2D eigenvalue weighted by Gasteiger charge is -2.20. The van der Waals surface area contributed by atoms with Crippen molar-refractivity contribution in [3.05, 3.63) is 35.4 Å². The van der Waals surface area contributed by atoms with Gasteiger partial charge in [0.2, 0.25) is 0 Å². The van der Waals surface area contributed by atoms with E-state index in [4.69, 9.17) is 15.3 Å². The Hall–Kier alpha value is -1.56. The molecule has 0 bridgehead atoms. The first kappa shape index (κ1) is 16.4. The minimum Gasteiger partial charge on any atom is -0.396 e. The lowest BCUT2D eigenvalue weighted by atomic mass is 9.95. The highest BCUT2D eigenvalue weighted by Gasteiger charge is 2.20. The van der Waals surface area contributed by atoms with Gasteiger partial charge in [-0.25, -0.2) is 0 Å². The van der Waals surface area contributed by atoms with Gasteiger partial charge >= 0.3 is 0 Å². The summed E-state index contributed by atoms with van der Waals surface area (Å²) >= 11 is 0. The van der Waals surface area contributed by atoms with Crippen molar-refractivity contribution in [2.45, 2.75) is 6.92 Å². The molecule has 0 aliphatic rings. The second kappa shape index (κ2) is 8.52. The summed E-state index contributed by atoms with van der Waals surface area (Å²) in [6, 6.07) is 6.65. The van der Waals surface area contributed by atoms with Crippen LogP contribution in [0.5, 0.6) is 0 Å². The van der Waals surface area contributed by atoms with Crippen LogP contribution in [0, 0.1) is 5.41 Å². The van der Waals surface area contributed by atoms with E-state index < -0.39 is 5.41 Å². The molecule has 0 heterocycles. The molecule has 0 aromatic heterocycles. The first-order valence-electron chi connectivity index (χ1n) is 5.39. The summed E-state index contributed by atoms with van der Waals surface area (Å²) in [4.78, 5) is 20.5. The summed E-state index contributed by atoms with van der Waals surface area (Å²) in [7, 11) is 0. The fourth-order valence-electron chi connectivity index (χ4n) is 0.876. The number of hydrogen-bond donors (Lipinski definition) is 3. The van der Waals surface area contributed by atoms with Gasteiger partial charge in [-0.15, -0.1) is 0 Å². The van der Waals surface area contributed by atoms with Gasteiger partial charge in [0, 0.05) is 16.5 Å².